The Bertz CT molecular complexity index is 699. The minimum atomic E-state index is -0.0701. The number of hydrogen-bond acceptors (Lipinski definition) is 4. The lowest BCUT2D eigenvalue weighted by atomic mass is 10.0. The number of thiazole rings is 1. The fourth-order valence-corrected chi connectivity index (χ4v) is 3.58. The molecule has 27 heavy (non-hydrogen) atoms. The Morgan fingerprint density at radius 2 is 1.93 bits per heavy atom. The van der Waals surface area contributed by atoms with Crippen LogP contribution in [0.15, 0.2) is 41.5 Å². The Balaban J connectivity index is 0.00000364. The van der Waals surface area contributed by atoms with Crippen LogP contribution in [-0.4, -0.2) is 36.6 Å². The molecule has 150 valence electrons. The molecule has 1 atom stereocenters. The molecule has 2 rings (SSSR count). The molecule has 0 amide bonds. The number of aliphatic imine (C=N–C) groups is 1. The first-order valence-electron chi connectivity index (χ1n) is 9.08. The third-order valence-corrected chi connectivity index (χ3v) is 5.10. The van der Waals surface area contributed by atoms with Crippen LogP contribution in [0.4, 0.5) is 0 Å². The number of nitrogens with zero attached hydrogens (tertiary/aromatic N) is 2. The van der Waals surface area contributed by atoms with Crippen LogP contribution in [0.25, 0.3) is 0 Å². The molecule has 0 saturated heterocycles. The number of guanidine groups is 1. The molecule has 0 saturated carbocycles. The summed E-state index contributed by atoms with van der Waals surface area (Å²) >= 11 is 1.75. The van der Waals surface area contributed by atoms with E-state index in [0.717, 1.165) is 30.5 Å². The maximum absolute atomic E-state index is 4.39. The molecule has 1 heterocycles. The predicted molar refractivity (Wildman–Crippen MR) is 127 cm³/mol. The van der Waals surface area contributed by atoms with E-state index in [1.54, 1.807) is 18.4 Å². The van der Waals surface area contributed by atoms with Gasteiger partial charge in [0.05, 0.1) is 5.01 Å². The van der Waals surface area contributed by atoms with E-state index in [1.807, 2.05) is 12.3 Å². The maximum atomic E-state index is 4.39. The summed E-state index contributed by atoms with van der Waals surface area (Å²) < 4.78 is 0. The molecule has 5 nitrogen and oxygen atoms in total. The highest BCUT2D eigenvalue weighted by Crippen LogP contribution is 2.15. The topological polar surface area (TPSA) is 61.3 Å². The van der Waals surface area contributed by atoms with Gasteiger partial charge in [-0.05, 0) is 33.3 Å². The first-order chi connectivity index (χ1) is 12.4. The minimum Gasteiger partial charge on any atom is -0.356 e. The van der Waals surface area contributed by atoms with Crippen molar-refractivity contribution in [2.75, 3.05) is 20.1 Å². The lowest BCUT2D eigenvalue weighted by Gasteiger charge is -2.31. The molecule has 0 radical (unpaired) electrons. The second-order valence-corrected chi connectivity index (χ2v) is 8.45. The molecule has 0 aliphatic heterocycles. The molecule has 1 unspecified atom stereocenters. The zero-order chi connectivity index (χ0) is 19.0. The molecule has 0 aliphatic rings. The van der Waals surface area contributed by atoms with Gasteiger partial charge in [-0.25, -0.2) is 4.98 Å². The highest BCUT2D eigenvalue weighted by atomic mass is 127. The number of hydrogen-bond donors (Lipinski definition) is 3. The quantitative estimate of drug-likeness (QED) is 0.292. The SMILES string of the molecule is CN=C(NCCc1ncc(C)s1)NCC(C)(C)NC(C)c1ccccc1.I. The van der Waals surface area contributed by atoms with E-state index in [1.165, 1.54) is 10.4 Å². The van der Waals surface area contributed by atoms with Crippen molar-refractivity contribution in [2.24, 2.45) is 4.99 Å². The van der Waals surface area contributed by atoms with Gasteiger partial charge in [-0.2, -0.15) is 0 Å². The monoisotopic (exact) mass is 501 g/mol. The number of aryl methyl sites for hydroxylation is 1. The first kappa shape index (κ1) is 23.8. The second-order valence-electron chi connectivity index (χ2n) is 7.13. The molecular formula is C20H32IN5S. The Hall–Kier alpha value is -1.19. The summed E-state index contributed by atoms with van der Waals surface area (Å²) in [7, 11) is 1.80. The lowest BCUT2D eigenvalue weighted by Crippen LogP contribution is -2.52. The summed E-state index contributed by atoms with van der Waals surface area (Å²) in [6, 6.07) is 10.8. The summed E-state index contributed by atoms with van der Waals surface area (Å²) in [6.45, 7) is 10.3. The fourth-order valence-electron chi connectivity index (χ4n) is 2.79. The van der Waals surface area contributed by atoms with Gasteiger partial charge in [0.15, 0.2) is 5.96 Å². The van der Waals surface area contributed by atoms with E-state index >= 15 is 0 Å². The van der Waals surface area contributed by atoms with Crippen molar-refractivity contribution in [3.8, 4) is 0 Å². The Kier molecular flexibility index (Phi) is 10.3. The minimum absolute atomic E-state index is 0. The molecule has 1 aromatic heterocycles. The van der Waals surface area contributed by atoms with Crippen LogP contribution in [0.2, 0.25) is 0 Å². The van der Waals surface area contributed by atoms with E-state index in [0.29, 0.717) is 0 Å². The van der Waals surface area contributed by atoms with Crippen molar-refractivity contribution in [3.05, 3.63) is 52.0 Å². The highest BCUT2D eigenvalue weighted by molar-refractivity contribution is 14.0. The first-order valence-corrected chi connectivity index (χ1v) is 9.90. The Morgan fingerprint density at radius 1 is 1.22 bits per heavy atom. The molecule has 7 heteroatoms. The maximum Gasteiger partial charge on any atom is 0.191 e. The number of benzene rings is 1. The van der Waals surface area contributed by atoms with Crippen molar-refractivity contribution >= 4 is 41.3 Å². The zero-order valence-corrected chi connectivity index (χ0v) is 20.0. The summed E-state index contributed by atoms with van der Waals surface area (Å²) in [6.07, 6.45) is 2.83. The van der Waals surface area contributed by atoms with Gasteiger partial charge in [-0.3, -0.25) is 4.99 Å². The molecule has 3 N–H and O–H groups in total. The van der Waals surface area contributed by atoms with Gasteiger partial charge < -0.3 is 16.0 Å². The standard InChI is InChI=1S/C20H31N5S.HI/c1-15-13-23-18(26-15)11-12-22-19(21-5)24-14-20(3,4)25-16(2)17-9-7-6-8-10-17;/h6-10,13,16,25H,11-12,14H2,1-5H3,(H2,21,22,24);1H. The van der Waals surface area contributed by atoms with Gasteiger partial charge in [0, 0.05) is 49.2 Å². The second kappa shape index (κ2) is 11.6. The Morgan fingerprint density at radius 3 is 2.52 bits per heavy atom. The van der Waals surface area contributed by atoms with E-state index < -0.39 is 0 Å². The number of nitrogens with one attached hydrogen (secondary N) is 3. The van der Waals surface area contributed by atoms with Crippen LogP contribution < -0.4 is 16.0 Å². The number of halogens is 1. The molecule has 1 aromatic carbocycles. The van der Waals surface area contributed by atoms with Crippen LogP contribution >= 0.6 is 35.3 Å². The van der Waals surface area contributed by atoms with Crippen molar-refractivity contribution in [1.82, 2.24) is 20.9 Å². The largest absolute Gasteiger partial charge is 0.356 e. The third-order valence-electron chi connectivity index (χ3n) is 4.13. The molecular weight excluding hydrogens is 469 g/mol. The average Bonchev–Trinajstić information content (AvgIpc) is 3.03. The molecule has 0 aliphatic carbocycles. The van der Waals surface area contributed by atoms with Gasteiger partial charge in [-0.1, -0.05) is 30.3 Å². The van der Waals surface area contributed by atoms with E-state index in [9.17, 15) is 0 Å². The van der Waals surface area contributed by atoms with Crippen molar-refractivity contribution in [1.29, 1.82) is 0 Å². The van der Waals surface area contributed by atoms with Crippen LogP contribution in [0.1, 0.15) is 42.3 Å². The van der Waals surface area contributed by atoms with Crippen LogP contribution in [0, 0.1) is 6.92 Å². The van der Waals surface area contributed by atoms with Gasteiger partial charge >= 0.3 is 0 Å². The van der Waals surface area contributed by atoms with Crippen molar-refractivity contribution in [2.45, 2.75) is 45.7 Å². The normalized spacial score (nSPS) is 13.0. The highest BCUT2D eigenvalue weighted by Gasteiger charge is 2.21. The predicted octanol–water partition coefficient (Wildman–Crippen LogP) is 3.91. The van der Waals surface area contributed by atoms with Crippen molar-refractivity contribution < 1.29 is 0 Å². The third kappa shape index (κ3) is 8.57. The van der Waals surface area contributed by atoms with Crippen LogP contribution in [0.3, 0.4) is 0 Å². The summed E-state index contributed by atoms with van der Waals surface area (Å²) in [5, 5.41) is 11.6. The van der Waals surface area contributed by atoms with Gasteiger partial charge in [0.2, 0.25) is 0 Å². The van der Waals surface area contributed by atoms with Crippen LogP contribution in [-0.2, 0) is 6.42 Å². The summed E-state index contributed by atoms with van der Waals surface area (Å²) in [5.74, 6) is 0.820. The van der Waals surface area contributed by atoms with E-state index in [2.05, 4.69) is 77.9 Å². The lowest BCUT2D eigenvalue weighted by molar-refractivity contribution is 0.345. The van der Waals surface area contributed by atoms with Crippen molar-refractivity contribution in [3.63, 3.8) is 0 Å². The molecule has 2 aromatic rings. The average molecular weight is 501 g/mol. The van der Waals surface area contributed by atoms with Gasteiger partial charge in [0.1, 0.15) is 0 Å². The fraction of sp³-hybridized carbons (Fsp3) is 0.500. The molecule has 0 fully saturated rings. The van der Waals surface area contributed by atoms with E-state index in [4.69, 9.17) is 0 Å². The van der Waals surface area contributed by atoms with Gasteiger partial charge in [0.25, 0.3) is 0 Å². The summed E-state index contributed by atoms with van der Waals surface area (Å²) in [4.78, 5) is 9.96. The van der Waals surface area contributed by atoms with Gasteiger partial charge in [-0.15, -0.1) is 35.3 Å². The Labute approximate surface area is 184 Å². The zero-order valence-electron chi connectivity index (χ0n) is 16.9. The number of aromatic nitrogens is 1. The number of rotatable bonds is 8. The van der Waals surface area contributed by atoms with E-state index in [-0.39, 0.29) is 35.6 Å². The smallest absolute Gasteiger partial charge is 0.191 e. The van der Waals surface area contributed by atoms with Crippen LogP contribution in [0.5, 0.6) is 0 Å². The molecule has 0 bridgehead atoms. The summed E-state index contributed by atoms with van der Waals surface area (Å²) in [5.41, 5.74) is 1.22. The molecule has 0 spiro atoms.